The number of likely N-dealkylation sites (tertiary alicyclic amines) is 1. The van der Waals surface area contributed by atoms with Crippen LogP contribution in [0.4, 0.5) is 0 Å². The highest BCUT2D eigenvalue weighted by Crippen LogP contribution is 2.26. The molecule has 1 aromatic carbocycles. The summed E-state index contributed by atoms with van der Waals surface area (Å²) >= 11 is 3.51. The number of halogens is 1. The lowest BCUT2D eigenvalue weighted by molar-refractivity contribution is -0.128. The van der Waals surface area contributed by atoms with E-state index < -0.39 is 0 Å². The number of hydrogen-bond donors (Lipinski definition) is 0. The topological polar surface area (TPSA) is 29.5 Å². The average molecular weight is 298 g/mol. The van der Waals surface area contributed by atoms with Gasteiger partial charge in [-0.2, -0.15) is 0 Å². The Morgan fingerprint density at radius 3 is 2.88 bits per heavy atom. The van der Waals surface area contributed by atoms with Crippen LogP contribution in [0.15, 0.2) is 22.7 Å². The van der Waals surface area contributed by atoms with Crippen molar-refractivity contribution in [2.24, 2.45) is 5.92 Å². The number of amides is 1. The van der Waals surface area contributed by atoms with Crippen LogP contribution in [0.1, 0.15) is 18.9 Å². The molecule has 1 atom stereocenters. The molecule has 17 heavy (non-hydrogen) atoms. The van der Waals surface area contributed by atoms with Crippen molar-refractivity contribution in [1.29, 1.82) is 0 Å². The van der Waals surface area contributed by atoms with Crippen LogP contribution in [-0.4, -0.2) is 24.5 Å². The molecule has 1 fully saturated rings. The van der Waals surface area contributed by atoms with Crippen molar-refractivity contribution in [3.63, 3.8) is 0 Å². The van der Waals surface area contributed by atoms with Gasteiger partial charge in [-0.1, -0.05) is 22.9 Å². The summed E-state index contributed by atoms with van der Waals surface area (Å²) in [6.45, 7) is 3.61. The second-order valence-electron chi connectivity index (χ2n) is 4.54. The van der Waals surface area contributed by atoms with Crippen LogP contribution in [0.5, 0.6) is 5.75 Å². The molecule has 0 N–H and O–H groups in total. The molecule has 1 aromatic rings. The van der Waals surface area contributed by atoms with Gasteiger partial charge in [-0.05, 0) is 29.7 Å². The SMILES string of the molecule is COc1ccc(Br)c(CN2CC(C)CC2=O)c1. The maximum absolute atomic E-state index is 11.7. The Kier molecular flexibility index (Phi) is 3.72. The molecular formula is C13H16BrNO2. The van der Waals surface area contributed by atoms with Crippen molar-refractivity contribution in [3.8, 4) is 5.75 Å². The van der Waals surface area contributed by atoms with Gasteiger partial charge in [0.2, 0.25) is 5.91 Å². The smallest absolute Gasteiger partial charge is 0.223 e. The van der Waals surface area contributed by atoms with Crippen molar-refractivity contribution in [3.05, 3.63) is 28.2 Å². The summed E-state index contributed by atoms with van der Waals surface area (Å²) in [7, 11) is 1.65. The van der Waals surface area contributed by atoms with E-state index in [2.05, 4.69) is 22.9 Å². The Hall–Kier alpha value is -1.03. The zero-order valence-corrected chi connectivity index (χ0v) is 11.7. The number of carbonyl (C=O) groups is 1. The maximum Gasteiger partial charge on any atom is 0.223 e. The summed E-state index contributed by atoms with van der Waals surface area (Å²) in [5, 5.41) is 0. The van der Waals surface area contributed by atoms with Gasteiger partial charge in [-0.3, -0.25) is 4.79 Å². The molecule has 1 amide bonds. The minimum absolute atomic E-state index is 0.243. The Labute approximate surface area is 110 Å². The molecule has 1 aliphatic heterocycles. The van der Waals surface area contributed by atoms with Crippen LogP contribution in [0.3, 0.4) is 0 Å². The molecule has 0 spiro atoms. The molecule has 1 aliphatic rings. The molecule has 2 rings (SSSR count). The van der Waals surface area contributed by atoms with E-state index >= 15 is 0 Å². The van der Waals surface area contributed by atoms with Crippen LogP contribution < -0.4 is 4.74 Å². The van der Waals surface area contributed by atoms with E-state index in [0.29, 0.717) is 18.9 Å². The van der Waals surface area contributed by atoms with Crippen LogP contribution in [-0.2, 0) is 11.3 Å². The Bertz CT molecular complexity index is 433. The molecule has 0 saturated carbocycles. The van der Waals surface area contributed by atoms with E-state index in [0.717, 1.165) is 22.3 Å². The third-order valence-corrected chi connectivity index (χ3v) is 3.80. The monoisotopic (exact) mass is 297 g/mol. The first-order valence-electron chi connectivity index (χ1n) is 5.70. The van der Waals surface area contributed by atoms with E-state index in [1.54, 1.807) is 7.11 Å². The van der Waals surface area contributed by atoms with Crippen LogP contribution in [0.25, 0.3) is 0 Å². The number of hydrogen-bond acceptors (Lipinski definition) is 2. The zero-order valence-electron chi connectivity index (χ0n) is 10.1. The van der Waals surface area contributed by atoms with Crippen LogP contribution in [0.2, 0.25) is 0 Å². The zero-order chi connectivity index (χ0) is 12.4. The van der Waals surface area contributed by atoms with Crippen molar-refractivity contribution < 1.29 is 9.53 Å². The van der Waals surface area contributed by atoms with E-state index in [4.69, 9.17) is 4.74 Å². The predicted molar refractivity (Wildman–Crippen MR) is 69.9 cm³/mol. The highest BCUT2D eigenvalue weighted by Gasteiger charge is 2.26. The lowest BCUT2D eigenvalue weighted by atomic mass is 10.2. The third-order valence-electron chi connectivity index (χ3n) is 3.02. The fraction of sp³-hybridized carbons (Fsp3) is 0.462. The highest BCUT2D eigenvalue weighted by atomic mass is 79.9. The van der Waals surface area contributed by atoms with Gasteiger partial charge in [-0.25, -0.2) is 0 Å². The van der Waals surface area contributed by atoms with Gasteiger partial charge in [0.15, 0.2) is 0 Å². The lowest BCUT2D eigenvalue weighted by Crippen LogP contribution is -2.24. The van der Waals surface area contributed by atoms with Crippen LogP contribution >= 0.6 is 15.9 Å². The van der Waals surface area contributed by atoms with Crippen molar-refractivity contribution in [2.75, 3.05) is 13.7 Å². The molecular weight excluding hydrogens is 282 g/mol. The third kappa shape index (κ3) is 2.80. The van der Waals surface area contributed by atoms with E-state index in [9.17, 15) is 4.79 Å². The maximum atomic E-state index is 11.7. The van der Waals surface area contributed by atoms with Gasteiger partial charge < -0.3 is 9.64 Å². The molecule has 0 radical (unpaired) electrons. The fourth-order valence-corrected chi connectivity index (χ4v) is 2.50. The molecule has 1 unspecified atom stereocenters. The number of carbonyl (C=O) groups excluding carboxylic acids is 1. The van der Waals surface area contributed by atoms with E-state index in [-0.39, 0.29) is 5.91 Å². The summed E-state index contributed by atoms with van der Waals surface area (Å²) in [4.78, 5) is 13.6. The van der Waals surface area contributed by atoms with Crippen molar-refractivity contribution in [1.82, 2.24) is 4.90 Å². The number of methoxy groups -OCH3 is 1. The molecule has 3 nitrogen and oxygen atoms in total. The first kappa shape index (κ1) is 12.4. The molecule has 0 aliphatic carbocycles. The van der Waals surface area contributed by atoms with Gasteiger partial charge in [0, 0.05) is 24.0 Å². The number of rotatable bonds is 3. The normalized spacial score (nSPS) is 19.8. The van der Waals surface area contributed by atoms with E-state index in [1.807, 2.05) is 23.1 Å². The van der Waals surface area contributed by atoms with E-state index in [1.165, 1.54) is 0 Å². The van der Waals surface area contributed by atoms with Crippen molar-refractivity contribution in [2.45, 2.75) is 19.9 Å². The summed E-state index contributed by atoms with van der Waals surface area (Å²) in [5.74, 6) is 1.53. The molecule has 1 saturated heterocycles. The molecule has 1 heterocycles. The van der Waals surface area contributed by atoms with Crippen LogP contribution in [0, 0.1) is 5.92 Å². The largest absolute Gasteiger partial charge is 0.497 e. The lowest BCUT2D eigenvalue weighted by Gasteiger charge is -2.17. The first-order chi connectivity index (χ1) is 8.10. The molecule has 92 valence electrons. The molecule has 0 aromatic heterocycles. The average Bonchev–Trinajstić information content (AvgIpc) is 2.60. The van der Waals surface area contributed by atoms with Gasteiger partial charge in [0.1, 0.15) is 5.75 Å². The van der Waals surface area contributed by atoms with Gasteiger partial charge in [-0.15, -0.1) is 0 Å². The van der Waals surface area contributed by atoms with Crippen molar-refractivity contribution >= 4 is 21.8 Å². The highest BCUT2D eigenvalue weighted by molar-refractivity contribution is 9.10. The summed E-state index contributed by atoms with van der Waals surface area (Å²) < 4.78 is 6.22. The quantitative estimate of drug-likeness (QED) is 0.859. The Morgan fingerprint density at radius 1 is 1.53 bits per heavy atom. The number of benzene rings is 1. The minimum atomic E-state index is 0.243. The summed E-state index contributed by atoms with van der Waals surface area (Å²) in [6, 6.07) is 5.83. The van der Waals surface area contributed by atoms with Gasteiger partial charge in [0.05, 0.1) is 7.11 Å². The number of ether oxygens (including phenoxy) is 1. The van der Waals surface area contributed by atoms with Gasteiger partial charge >= 0.3 is 0 Å². The standard InChI is InChI=1S/C13H16BrNO2/c1-9-5-13(16)15(7-9)8-10-6-11(17-2)3-4-12(10)14/h3-4,6,9H,5,7-8H2,1-2H3. The summed E-state index contributed by atoms with van der Waals surface area (Å²) in [6.07, 6.45) is 0.668. The molecule has 4 heteroatoms. The second kappa shape index (κ2) is 5.08. The minimum Gasteiger partial charge on any atom is -0.497 e. The second-order valence-corrected chi connectivity index (χ2v) is 5.40. The Morgan fingerprint density at radius 2 is 2.29 bits per heavy atom. The van der Waals surface area contributed by atoms with Gasteiger partial charge in [0.25, 0.3) is 0 Å². The first-order valence-corrected chi connectivity index (χ1v) is 6.49. The number of nitrogens with zero attached hydrogens (tertiary/aromatic N) is 1. The summed E-state index contributed by atoms with van der Waals surface area (Å²) in [5.41, 5.74) is 1.09. The Balaban J connectivity index is 2.15. The fourth-order valence-electron chi connectivity index (χ4n) is 2.13. The molecule has 0 bridgehead atoms. The predicted octanol–water partition coefficient (Wildman–Crippen LogP) is 2.83.